The fourth-order valence-electron chi connectivity index (χ4n) is 4.35. The predicted molar refractivity (Wildman–Crippen MR) is 153 cm³/mol. The molecule has 4 rings (SSSR count). The Bertz CT molecular complexity index is 1530. The Morgan fingerprint density at radius 2 is 1.70 bits per heavy atom. The number of hydrogen-bond acceptors (Lipinski definition) is 10. The van der Waals surface area contributed by atoms with Gasteiger partial charge in [-0.2, -0.15) is 13.8 Å². The number of esters is 1. The maximum Gasteiger partial charge on any atom is 0.320 e. The number of halogens is 2. The number of carbonyl (C=O) groups excluding carboxylic acids is 2. The molecule has 2 aromatic carbocycles. The molecule has 0 aliphatic carbocycles. The zero-order valence-corrected chi connectivity index (χ0v) is 23.9. The van der Waals surface area contributed by atoms with E-state index in [1.807, 2.05) is 0 Å². The molecule has 4 N–H and O–H groups in total. The number of benzene rings is 2. The Morgan fingerprint density at radius 3 is 2.33 bits per heavy atom. The fraction of sp³-hybridized carbons (Fsp3) is 0.310. The van der Waals surface area contributed by atoms with Gasteiger partial charge in [-0.3, -0.25) is 19.9 Å². The maximum absolute atomic E-state index is 16.0. The van der Waals surface area contributed by atoms with E-state index in [1.54, 1.807) is 38.1 Å². The molecule has 14 heteroatoms. The normalized spacial score (nSPS) is 13.4. The highest BCUT2D eigenvalue weighted by Gasteiger charge is 2.31. The first kappa shape index (κ1) is 31.0. The average molecular weight is 599 g/mol. The van der Waals surface area contributed by atoms with Gasteiger partial charge in [-0.1, -0.05) is 6.07 Å². The second-order valence-electron chi connectivity index (χ2n) is 9.79. The molecule has 0 unspecified atom stereocenters. The zero-order chi connectivity index (χ0) is 31.3. The first-order chi connectivity index (χ1) is 20.5. The Hall–Kier alpha value is -4.98. The van der Waals surface area contributed by atoms with Crippen LogP contribution in [0, 0.1) is 17.0 Å². The monoisotopic (exact) mass is 598 g/mol. The molecule has 1 amide bonds. The van der Waals surface area contributed by atoms with Crippen molar-refractivity contribution < 1.29 is 37.7 Å². The third-order valence-electron chi connectivity index (χ3n) is 6.52. The number of amidine groups is 1. The van der Waals surface area contributed by atoms with Crippen molar-refractivity contribution in [2.75, 3.05) is 58.3 Å². The van der Waals surface area contributed by atoms with Gasteiger partial charge in [0, 0.05) is 51.4 Å². The Kier molecular flexibility index (Phi) is 9.60. The largest absolute Gasteiger partial charge is 0.504 e. The molecule has 43 heavy (non-hydrogen) atoms. The van der Waals surface area contributed by atoms with Crippen LogP contribution in [-0.2, 0) is 9.53 Å². The number of pyridine rings is 1. The highest BCUT2D eigenvalue weighted by atomic mass is 19.1. The van der Waals surface area contributed by atoms with Gasteiger partial charge in [0.2, 0.25) is 11.6 Å². The van der Waals surface area contributed by atoms with E-state index in [9.17, 15) is 14.7 Å². The minimum absolute atomic E-state index is 0.0412. The second-order valence-corrected chi connectivity index (χ2v) is 9.79. The number of nitrogens with two attached hydrogens (primary N) is 1. The number of rotatable bonds is 10. The zero-order valence-electron chi connectivity index (χ0n) is 23.9. The summed E-state index contributed by atoms with van der Waals surface area (Å²) < 4.78 is 48.3. The van der Waals surface area contributed by atoms with Crippen LogP contribution in [0.3, 0.4) is 0 Å². The third-order valence-corrected chi connectivity index (χ3v) is 6.52. The van der Waals surface area contributed by atoms with Crippen LogP contribution in [-0.4, -0.2) is 91.0 Å². The van der Waals surface area contributed by atoms with E-state index in [4.69, 9.17) is 25.4 Å². The van der Waals surface area contributed by atoms with E-state index >= 15 is 8.78 Å². The van der Waals surface area contributed by atoms with Gasteiger partial charge in [-0.05, 0) is 43.3 Å². The van der Waals surface area contributed by atoms with E-state index in [-0.39, 0.29) is 60.6 Å². The number of hydrogen-bond donors (Lipinski definition) is 3. The van der Waals surface area contributed by atoms with Crippen molar-refractivity contribution in [1.29, 1.82) is 5.41 Å². The molecule has 0 saturated carbocycles. The minimum Gasteiger partial charge on any atom is -0.504 e. The van der Waals surface area contributed by atoms with E-state index < -0.39 is 40.8 Å². The predicted octanol–water partition coefficient (Wildman–Crippen LogP) is 3.32. The molecule has 1 aliphatic rings. The molecule has 0 radical (unpaired) electrons. The van der Waals surface area contributed by atoms with Crippen molar-refractivity contribution in [2.45, 2.75) is 6.92 Å². The number of aromatic hydroxyl groups is 1. The van der Waals surface area contributed by atoms with Crippen LogP contribution >= 0.6 is 0 Å². The molecule has 1 fully saturated rings. The van der Waals surface area contributed by atoms with Gasteiger partial charge in [0.15, 0.2) is 11.5 Å². The lowest BCUT2D eigenvalue weighted by atomic mass is 10.2. The number of nitrogens with zero attached hydrogens (tertiary/aromatic N) is 4. The number of anilines is 1. The highest BCUT2D eigenvalue weighted by Crippen LogP contribution is 2.40. The van der Waals surface area contributed by atoms with Crippen molar-refractivity contribution in [2.24, 2.45) is 5.73 Å². The number of piperazine rings is 1. The van der Waals surface area contributed by atoms with Gasteiger partial charge in [0.25, 0.3) is 17.7 Å². The van der Waals surface area contributed by atoms with Crippen LogP contribution in [0.1, 0.15) is 22.8 Å². The number of carbonyl (C=O) groups is 2. The van der Waals surface area contributed by atoms with E-state index in [1.165, 1.54) is 40.1 Å². The summed E-state index contributed by atoms with van der Waals surface area (Å²) in [4.78, 5) is 32.9. The number of phenols is 1. The average Bonchev–Trinajstić information content (AvgIpc) is 2.97. The Morgan fingerprint density at radius 1 is 1.02 bits per heavy atom. The van der Waals surface area contributed by atoms with Gasteiger partial charge in [-0.15, -0.1) is 0 Å². The molecular weight excluding hydrogens is 566 g/mol. The van der Waals surface area contributed by atoms with Gasteiger partial charge < -0.3 is 34.9 Å². The highest BCUT2D eigenvalue weighted by molar-refractivity contribution is 5.95. The number of aromatic nitrogens is 1. The van der Waals surface area contributed by atoms with Gasteiger partial charge >= 0.3 is 5.97 Å². The van der Waals surface area contributed by atoms with Crippen LogP contribution in [0.4, 0.5) is 14.5 Å². The maximum atomic E-state index is 16.0. The van der Waals surface area contributed by atoms with Crippen LogP contribution in [0.5, 0.6) is 29.0 Å². The number of nitrogen functional groups attached to an aromatic ring is 1. The number of phenolic OH excluding ortho intramolecular Hbond substituents is 1. The second kappa shape index (κ2) is 13.3. The summed E-state index contributed by atoms with van der Waals surface area (Å²) >= 11 is 0. The smallest absolute Gasteiger partial charge is 0.320 e. The lowest BCUT2D eigenvalue weighted by Gasteiger charge is -2.35. The molecule has 2 heterocycles. The van der Waals surface area contributed by atoms with Crippen LogP contribution in [0.25, 0.3) is 0 Å². The van der Waals surface area contributed by atoms with Crippen molar-refractivity contribution in [3.63, 3.8) is 0 Å². The summed E-state index contributed by atoms with van der Waals surface area (Å²) in [6.45, 7) is 2.90. The molecule has 12 nitrogen and oxygen atoms in total. The van der Waals surface area contributed by atoms with Crippen molar-refractivity contribution in [1.82, 2.24) is 14.8 Å². The summed E-state index contributed by atoms with van der Waals surface area (Å²) in [6.07, 6.45) is 0. The van der Waals surface area contributed by atoms with Crippen LogP contribution in [0.15, 0.2) is 42.5 Å². The standard InChI is InChI=1S/C29H32F2N6O6/c1-4-41-22(39)16-36-10-12-37(13-11-36)25-23(30)27(42-19-7-5-6-18(14-19)29(40)35(2)3)34-28(24(25)31)43-21-15-17(26(32)33)8-9-20(21)38/h5-9,14-15,38H,4,10-13,16H2,1-3H3,(H3,32,33). The molecule has 228 valence electrons. The Balaban J connectivity index is 1.72. The number of amides is 1. The van der Waals surface area contributed by atoms with Gasteiger partial charge in [-0.25, -0.2) is 0 Å². The molecule has 0 atom stereocenters. The van der Waals surface area contributed by atoms with Gasteiger partial charge in [0.05, 0.1) is 13.2 Å². The molecule has 1 aliphatic heterocycles. The first-order valence-corrected chi connectivity index (χ1v) is 13.3. The molecule has 0 bridgehead atoms. The fourth-order valence-corrected chi connectivity index (χ4v) is 4.35. The van der Waals surface area contributed by atoms with E-state index in [0.29, 0.717) is 13.1 Å². The van der Waals surface area contributed by atoms with Crippen molar-refractivity contribution in [3.8, 4) is 29.0 Å². The number of ether oxygens (including phenoxy) is 3. The lowest BCUT2D eigenvalue weighted by molar-refractivity contribution is -0.144. The molecule has 1 saturated heterocycles. The van der Waals surface area contributed by atoms with Crippen LogP contribution < -0.4 is 20.1 Å². The first-order valence-electron chi connectivity index (χ1n) is 13.3. The minimum atomic E-state index is -1.16. The molecule has 1 aromatic heterocycles. The molecule has 0 spiro atoms. The van der Waals surface area contributed by atoms with E-state index in [0.717, 1.165) is 0 Å². The summed E-state index contributed by atoms with van der Waals surface area (Å²) in [5.74, 6) is -5.28. The number of nitrogens with one attached hydrogen (secondary N) is 1. The SMILES string of the molecule is CCOC(=O)CN1CCN(c2c(F)c(Oc3cccc(C(=O)N(C)C)c3)nc(Oc3cc(C(=N)N)ccc3O)c2F)CC1. The summed E-state index contributed by atoms with van der Waals surface area (Å²) in [6, 6.07) is 9.77. The van der Waals surface area contributed by atoms with Crippen molar-refractivity contribution >= 4 is 23.4 Å². The summed E-state index contributed by atoms with van der Waals surface area (Å²) in [7, 11) is 3.16. The summed E-state index contributed by atoms with van der Waals surface area (Å²) in [5.41, 5.74) is 5.51. The van der Waals surface area contributed by atoms with Gasteiger partial charge in [0.1, 0.15) is 17.3 Å². The Labute approximate surface area is 246 Å². The summed E-state index contributed by atoms with van der Waals surface area (Å²) in [5, 5.41) is 18.0. The molecule has 3 aromatic rings. The third kappa shape index (κ3) is 7.27. The van der Waals surface area contributed by atoms with Crippen molar-refractivity contribution in [3.05, 3.63) is 65.2 Å². The van der Waals surface area contributed by atoms with E-state index in [2.05, 4.69) is 4.98 Å². The lowest BCUT2D eigenvalue weighted by Crippen LogP contribution is -2.48. The topological polar surface area (TPSA) is 155 Å². The quantitative estimate of drug-likeness (QED) is 0.180. The van der Waals surface area contributed by atoms with Crippen LogP contribution in [0.2, 0.25) is 0 Å². The molecular formula is C29H32F2N6O6.